The maximum Gasteiger partial charge on any atom is 0.481 e. The van der Waals surface area contributed by atoms with Crippen LogP contribution in [0.2, 0.25) is 0 Å². The fourth-order valence-electron chi connectivity index (χ4n) is 0.975. The van der Waals surface area contributed by atoms with Gasteiger partial charge in [-0.05, 0) is 0 Å². The average molecular weight is 180 g/mol. The summed E-state index contributed by atoms with van der Waals surface area (Å²) in [5.74, 6) is 0.111. The predicted molar refractivity (Wildman–Crippen MR) is 38.2 cm³/mol. The molecule has 0 radical (unpaired) electrons. The molecular weight excluding hydrogens is 172 g/mol. The van der Waals surface area contributed by atoms with Crippen LogP contribution in [0, 0.1) is 0 Å². The van der Waals surface area contributed by atoms with Crippen molar-refractivity contribution < 1.29 is 18.0 Å². The molecular formula is C5H8FNO3P+. The number of halogens is 1. The normalized spacial score (nSPS) is 27.2. The van der Waals surface area contributed by atoms with Gasteiger partial charge in [-0.1, -0.05) is 0 Å². The highest BCUT2D eigenvalue weighted by Crippen LogP contribution is 2.67. The summed E-state index contributed by atoms with van der Waals surface area (Å²) in [7, 11) is -2.21. The monoisotopic (exact) mass is 180 g/mol. The number of hydrogen-bond acceptors (Lipinski definition) is 4. The summed E-state index contributed by atoms with van der Waals surface area (Å²) in [4.78, 5) is 3.81. The summed E-state index contributed by atoms with van der Waals surface area (Å²) in [5.41, 5.74) is 0. The minimum absolute atomic E-state index is 0.111. The van der Waals surface area contributed by atoms with Crippen molar-refractivity contribution >= 4 is 13.8 Å². The number of aliphatic imine (C=N–C) groups is 1. The summed E-state index contributed by atoms with van der Waals surface area (Å²) >= 11 is 0. The van der Waals surface area contributed by atoms with E-state index in [2.05, 4.69) is 4.99 Å². The zero-order valence-electron chi connectivity index (χ0n) is 5.83. The summed E-state index contributed by atoms with van der Waals surface area (Å²) < 4.78 is 27.5. The van der Waals surface area contributed by atoms with Crippen molar-refractivity contribution in [2.24, 2.45) is 4.99 Å². The molecule has 2 rings (SSSR count). The van der Waals surface area contributed by atoms with Crippen LogP contribution in [0.25, 0.3) is 0 Å². The first kappa shape index (κ1) is 7.40. The van der Waals surface area contributed by atoms with Crippen LogP contribution < -0.4 is 0 Å². The van der Waals surface area contributed by atoms with Gasteiger partial charge in [0, 0.05) is 0 Å². The third-order valence-corrected chi connectivity index (χ3v) is 3.57. The number of hydrogen-bond donors (Lipinski definition) is 0. The Bertz CT molecular complexity index is 192. The lowest BCUT2D eigenvalue weighted by atomic mass is 10.7. The molecule has 0 aliphatic carbocycles. The van der Waals surface area contributed by atoms with Gasteiger partial charge < -0.3 is 0 Å². The standard InChI is InChI=1S/C5H8FNO3P/c6-3-5-7-4-11(10-5)8-1-2-9-11/h1-4H2/q+1. The molecule has 6 heteroatoms. The molecule has 0 aromatic heterocycles. The van der Waals surface area contributed by atoms with Crippen molar-refractivity contribution in [2.45, 2.75) is 0 Å². The van der Waals surface area contributed by atoms with Crippen LogP contribution >= 0.6 is 7.94 Å². The zero-order chi connectivity index (χ0) is 7.73. The van der Waals surface area contributed by atoms with Crippen molar-refractivity contribution in [3.05, 3.63) is 0 Å². The molecule has 0 saturated carbocycles. The van der Waals surface area contributed by atoms with Crippen LogP contribution in [0.4, 0.5) is 4.39 Å². The third-order valence-electron chi connectivity index (χ3n) is 1.44. The van der Waals surface area contributed by atoms with E-state index in [-0.39, 0.29) is 5.90 Å². The molecule has 1 fully saturated rings. The first-order valence-corrected chi connectivity index (χ1v) is 5.03. The second-order valence-corrected chi connectivity index (χ2v) is 4.40. The molecule has 0 atom stereocenters. The molecule has 1 spiro atoms. The van der Waals surface area contributed by atoms with Crippen molar-refractivity contribution in [2.75, 3.05) is 26.2 Å². The SMILES string of the molecule is FCC1=NC[P+]2(OCCO2)O1. The molecule has 2 aliphatic rings. The topological polar surface area (TPSA) is 40.0 Å². The van der Waals surface area contributed by atoms with Gasteiger partial charge in [-0.25, -0.2) is 4.39 Å². The first-order chi connectivity index (χ1) is 5.35. The van der Waals surface area contributed by atoms with Crippen LogP contribution in [0.3, 0.4) is 0 Å². The zero-order valence-corrected chi connectivity index (χ0v) is 6.72. The van der Waals surface area contributed by atoms with E-state index in [9.17, 15) is 4.39 Å². The number of alkyl halides is 1. The molecule has 2 heterocycles. The lowest BCUT2D eigenvalue weighted by molar-refractivity contribution is 0.320. The average Bonchev–Trinajstić information content (AvgIpc) is 2.62. The maximum atomic E-state index is 12.0. The Morgan fingerprint density at radius 2 is 2.18 bits per heavy atom. The van der Waals surface area contributed by atoms with E-state index < -0.39 is 14.6 Å². The molecule has 0 amide bonds. The molecule has 0 unspecified atom stereocenters. The maximum absolute atomic E-state index is 12.0. The largest absolute Gasteiger partial charge is 0.481 e. The molecule has 2 aliphatic heterocycles. The first-order valence-electron chi connectivity index (χ1n) is 3.31. The second-order valence-electron chi connectivity index (χ2n) is 2.20. The highest BCUT2D eigenvalue weighted by Gasteiger charge is 2.55. The van der Waals surface area contributed by atoms with Gasteiger partial charge in [0.1, 0.15) is 13.2 Å². The van der Waals surface area contributed by atoms with Gasteiger partial charge in [0.05, 0.1) is 0 Å². The molecule has 1 saturated heterocycles. The van der Waals surface area contributed by atoms with Crippen LogP contribution in [-0.4, -0.2) is 32.1 Å². The molecule has 11 heavy (non-hydrogen) atoms. The lowest BCUT2D eigenvalue weighted by Gasteiger charge is -2.06. The second kappa shape index (κ2) is 2.66. The van der Waals surface area contributed by atoms with Crippen molar-refractivity contribution in [1.82, 2.24) is 0 Å². The highest BCUT2D eigenvalue weighted by atomic mass is 31.2. The van der Waals surface area contributed by atoms with Gasteiger partial charge in [0.2, 0.25) is 6.29 Å². The van der Waals surface area contributed by atoms with Gasteiger partial charge in [-0.3, -0.25) is 4.52 Å². The Hall–Kier alpha value is -0.250. The smallest absolute Gasteiger partial charge is 0.267 e. The van der Waals surface area contributed by atoms with Crippen LogP contribution in [0.1, 0.15) is 0 Å². The van der Waals surface area contributed by atoms with Crippen molar-refractivity contribution in [3.8, 4) is 0 Å². The predicted octanol–water partition coefficient (Wildman–Crippen LogP) is 1.15. The van der Waals surface area contributed by atoms with Crippen LogP contribution in [0.15, 0.2) is 4.99 Å². The molecule has 0 bridgehead atoms. The van der Waals surface area contributed by atoms with E-state index in [1.54, 1.807) is 0 Å². The van der Waals surface area contributed by atoms with Gasteiger partial charge in [0.25, 0.3) is 5.90 Å². The fourth-order valence-corrected chi connectivity index (χ4v) is 2.84. The van der Waals surface area contributed by atoms with E-state index in [1.807, 2.05) is 0 Å². The van der Waals surface area contributed by atoms with Crippen molar-refractivity contribution in [1.29, 1.82) is 0 Å². The number of rotatable bonds is 1. The Labute approximate surface area is 63.9 Å². The van der Waals surface area contributed by atoms with E-state index in [0.29, 0.717) is 19.5 Å². The van der Waals surface area contributed by atoms with E-state index >= 15 is 0 Å². The molecule has 4 nitrogen and oxygen atoms in total. The Morgan fingerprint density at radius 3 is 2.73 bits per heavy atom. The lowest BCUT2D eigenvalue weighted by Crippen LogP contribution is -2.01. The summed E-state index contributed by atoms with van der Waals surface area (Å²) in [6.07, 6.45) is 0.353. The highest BCUT2D eigenvalue weighted by molar-refractivity contribution is 7.62. The summed E-state index contributed by atoms with van der Waals surface area (Å²) in [6.45, 7) is 0.389. The van der Waals surface area contributed by atoms with E-state index in [0.717, 1.165) is 0 Å². The van der Waals surface area contributed by atoms with Crippen LogP contribution in [-0.2, 0) is 13.6 Å². The Balaban J connectivity index is 2.01. The molecule has 0 aromatic rings. The van der Waals surface area contributed by atoms with Gasteiger partial charge >= 0.3 is 7.94 Å². The minimum Gasteiger partial charge on any atom is -0.267 e. The Morgan fingerprint density at radius 1 is 1.45 bits per heavy atom. The third kappa shape index (κ3) is 1.24. The van der Waals surface area contributed by atoms with Gasteiger partial charge in [-0.15, -0.1) is 0 Å². The quantitative estimate of drug-likeness (QED) is 0.568. The van der Waals surface area contributed by atoms with Gasteiger partial charge in [0.15, 0.2) is 6.67 Å². The molecule has 0 N–H and O–H groups in total. The molecule has 62 valence electrons. The van der Waals surface area contributed by atoms with Gasteiger partial charge in [-0.2, -0.15) is 14.0 Å². The van der Waals surface area contributed by atoms with E-state index in [1.165, 1.54) is 0 Å². The van der Waals surface area contributed by atoms with E-state index in [4.69, 9.17) is 13.6 Å². The number of nitrogens with zero attached hydrogens (tertiary/aromatic N) is 1. The molecule has 0 aromatic carbocycles. The summed E-state index contributed by atoms with van der Waals surface area (Å²) in [6, 6.07) is 0. The summed E-state index contributed by atoms with van der Waals surface area (Å²) in [5, 5.41) is 0. The van der Waals surface area contributed by atoms with Crippen LogP contribution in [0.5, 0.6) is 0 Å². The van der Waals surface area contributed by atoms with Crippen molar-refractivity contribution in [3.63, 3.8) is 0 Å². The minimum atomic E-state index is -2.21. The Kier molecular flexibility index (Phi) is 1.79. The fraction of sp³-hybridized carbons (Fsp3) is 0.800.